The van der Waals surface area contributed by atoms with E-state index in [1.807, 2.05) is 17.9 Å². The van der Waals surface area contributed by atoms with E-state index in [0.717, 1.165) is 31.7 Å². The number of aryl methyl sites for hydroxylation is 1. The van der Waals surface area contributed by atoms with E-state index in [2.05, 4.69) is 5.32 Å². The third-order valence-corrected chi connectivity index (χ3v) is 3.39. The highest BCUT2D eigenvalue weighted by atomic mass is 35.5. The molecule has 0 spiro atoms. The van der Waals surface area contributed by atoms with Crippen LogP contribution in [0.3, 0.4) is 0 Å². The fraction of sp³-hybridized carbons (Fsp3) is 0.462. The van der Waals surface area contributed by atoms with E-state index < -0.39 is 0 Å². The summed E-state index contributed by atoms with van der Waals surface area (Å²) in [6.07, 6.45) is 0. The van der Waals surface area contributed by atoms with E-state index in [1.165, 1.54) is 0 Å². The molecule has 1 saturated heterocycles. The summed E-state index contributed by atoms with van der Waals surface area (Å²) in [5, 5.41) is 3.91. The standard InChI is InChI=1S/C13H17ClN2O2.ClH/c1-10-8-11(2-3-12(10)14)18-9-13(17)16-6-4-15-5-7-16;/h2-3,8,15H,4-7,9H2,1H3;1H. The third-order valence-electron chi connectivity index (χ3n) is 2.96. The number of ether oxygens (including phenoxy) is 1. The molecule has 19 heavy (non-hydrogen) atoms. The minimum Gasteiger partial charge on any atom is -0.484 e. The molecule has 0 aromatic heterocycles. The van der Waals surface area contributed by atoms with Gasteiger partial charge in [-0.05, 0) is 30.7 Å². The number of hydrogen-bond acceptors (Lipinski definition) is 3. The first kappa shape index (κ1) is 16.1. The summed E-state index contributed by atoms with van der Waals surface area (Å²) in [4.78, 5) is 13.7. The summed E-state index contributed by atoms with van der Waals surface area (Å²) in [6.45, 7) is 5.20. The van der Waals surface area contributed by atoms with Crippen molar-refractivity contribution in [1.82, 2.24) is 10.2 Å². The Balaban J connectivity index is 0.00000180. The molecule has 106 valence electrons. The maximum atomic E-state index is 11.9. The van der Waals surface area contributed by atoms with Gasteiger partial charge in [0.2, 0.25) is 0 Å². The molecule has 4 nitrogen and oxygen atoms in total. The van der Waals surface area contributed by atoms with Crippen LogP contribution in [0.1, 0.15) is 5.56 Å². The highest BCUT2D eigenvalue weighted by molar-refractivity contribution is 6.31. The SMILES string of the molecule is Cc1cc(OCC(=O)N2CCNCC2)ccc1Cl.Cl. The quantitative estimate of drug-likeness (QED) is 0.927. The molecule has 0 aliphatic carbocycles. The predicted octanol–water partition coefficient (Wildman–Crippen LogP) is 1.88. The summed E-state index contributed by atoms with van der Waals surface area (Å²) in [7, 11) is 0. The van der Waals surface area contributed by atoms with Gasteiger partial charge >= 0.3 is 0 Å². The van der Waals surface area contributed by atoms with Crippen LogP contribution < -0.4 is 10.1 Å². The number of piperazine rings is 1. The highest BCUT2D eigenvalue weighted by Crippen LogP contribution is 2.20. The minimum atomic E-state index is 0. The van der Waals surface area contributed by atoms with Gasteiger partial charge in [-0.2, -0.15) is 0 Å². The number of rotatable bonds is 3. The molecule has 2 rings (SSSR count). The first-order valence-electron chi connectivity index (χ1n) is 6.04. The molecule has 1 aromatic rings. The van der Waals surface area contributed by atoms with E-state index in [4.69, 9.17) is 16.3 Å². The summed E-state index contributed by atoms with van der Waals surface area (Å²) in [6, 6.07) is 5.40. The van der Waals surface area contributed by atoms with Crippen LogP contribution in [0.4, 0.5) is 0 Å². The fourth-order valence-corrected chi connectivity index (χ4v) is 1.98. The van der Waals surface area contributed by atoms with E-state index in [-0.39, 0.29) is 24.9 Å². The smallest absolute Gasteiger partial charge is 0.260 e. The molecule has 1 heterocycles. The van der Waals surface area contributed by atoms with Crippen LogP contribution in [0, 0.1) is 6.92 Å². The highest BCUT2D eigenvalue weighted by Gasteiger charge is 2.16. The lowest BCUT2D eigenvalue weighted by Crippen LogP contribution is -2.47. The van der Waals surface area contributed by atoms with Gasteiger partial charge in [-0.25, -0.2) is 0 Å². The second kappa shape index (κ2) is 7.58. The molecule has 1 aliphatic heterocycles. The Bertz CT molecular complexity index is 435. The number of carbonyl (C=O) groups excluding carboxylic acids is 1. The summed E-state index contributed by atoms with van der Waals surface area (Å²) in [5.74, 6) is 0.712. The average Bonchev–Trinajstić information content (AvgIpc) is 2.41. The number of amides is 1. The van der Waals surface area contributed by atoms with Crippen molar-refractivity contribution in [3.8, 4) is 5.75 Å². The van der Waals surface area contributed by atoms with E-state index in [0.29, 0.717) is 10.8 Å². The summed E-state index contributed by atoms with van der Waals surface area (Å²) >= 11 is 5.93. The van der Waals surface area contributed by atoms with Gasteiger partial charge in [0.25, 0.3) is 5.91 Å². The number of carbonyl (C=O) groups is 1. The van der Waals surface area contributed by atoms with Crippen molar-refractivity contribution < 1.29 is 9.53 Å². The van der Waals surface area contributed by atoms with Gasteiger partial charge in [-0.1, -0.05) is 11.6 Å². The second-order valence-electron chi connectivity index (χ2n) is 4.33. The van der Waals surface area contributed by atoms with Gasteiger partial charge in [0, 0.05) is 31.2 Å². The van der Waals surface area contributed by atoms with Gasteiger partial charge < -0.3 is 15.0 Å². The Kier molecular flexibility index (Phi) is 6.42. The van der Waals surface area contributed by atoms with Crippen molar-refractivity contribution in [2.45, 2.75) is 6.92 Å². The summed E-state index contributed by atoms with van der Waals surface area (Å²) in [5.41, 5.74) is 0.948. The molecule has 6 heteroatoms. The Morgan fingerprint density at radius 3 is 2.74 bits per heavy atom. The molecule has 1 fully saturated rings. The molecular weight excluding hydrogens is 287 g/mol. The molecule has 0 saturated carbocycles. The molecular formula is C13H18Cl2N2O2. The monoisotopic (exact) mass is 304 g/mol. The number of nitrogens with zero attached hydrogens (tertiary/aromatic N) is 1. The van der Waals surface area contributed by atoms with E-state index in [9.17, 15) is 4.79 Å². The van der Waals surface area contributed by atoms with Crippen molar-refractivity contribution in [3.05, 3.63) is 28.8 Å². The first-order chi connectivity index (χ1) is 8.66. The van der Waals surface area contributed by atoms with Crippen LogP contribution in [-0.2, 0) is 4.79 Å². The van der Waals surface area contributed by atoms with Crippen LogP contribution in [0.2, 0.25) is 5.02 Å². The van der Waals surface area contributed by atoms with Crippen molar-refractivity contribution in [2.24, 2.45) is 0 Å². The Hall–Kier alpha value is -0.970. The first-order valence-corrected chi connectivity index (χ1v) is 6.42. The summed E-state index contributed by atoms with van der Waals surface area (Å²) < 4.78 is 5.49. The molecule has 0 bridgehead atoms. The van der Waals surface area contributed by atoms with Crippen molar-refractivity contribution in [1.29, 1.82) is 0 Å². The Morgan fingerprint density at radius 1 is 1.42 bits per heavy atom. The van der Waals surface area contributed by atoms with Crippen molar-refractivity contribution in [2.75, 3.05) is 32.8 Å². The van der Waals surface area contributed by atoms with E-state index in [1.54, 1.807) is 12.1 Å². The molecule has 1 aliphatic rings. The van der Waals surface area contributed by atoms with E-state index >= 15 is 0 Å². The average molecular weight is 305 g/mol. The second-order valence-corrected chi connectivity index (χ2v) is 4.74. The van der Waals surface area contributed by atoms with Crippen LogP contribution >= 0.6 is 24.0 Å². The van der Waals surface area contributed by atoms with Gasteiger partial charge in [0.15, 0.2) is 6.61 Å². The molecule has 0 radical (unpaired) electrons. The topological polar surface area (TPSA) is 41.6 Å². The maximum absolute atomic E-state index is 11.9. The maximum Gasteiger partial charge on any atom is 0.260 e. The van der Waals surface area contributed by atoms with Crippen LogP contribution in [-0.4, -0.2) is 43.6 Å². The van der Waals surface area contributed by atoms with Gasteiger partial charge in [-0.3, -0.25) is 4.79 Å². The fourth-order valence-electron chi connectivity index (χ4n) is 1.86. The lowest BCUT2D eigenvalue weighted by Gasteiger charge is -2.27. The zero-order valence-electron chi connectivity index (χ0n) is 10.8. The van der Waals surface area contributed by atoms with Gasteiger partial charge in [0.05, 0.1) is 0 Å². The zero-order valence-corrected chi connectivity index (χ0v) is 12.4. The van der Waals surface area contributed by atoms with Crippen molar-refractivity contribution >= 4 is 29.9 Å². The minimum absolute atomic E-state index is 0. The molecule has 0 atom stereocenters. The predicted molar refractivity (Wildman–Crippen MR) is 78.4 cm³/mol. The third kappa shape index (κ3) is 4.56. The molecule has 1 N–H and O–H groups in total. The normalized spacial score (nSPS) is 14.7. The number of benzene rings is 1. The lowest BCUT2D eigenvalue weighted by molar-refractivity contribution is -0.133. The van der Waals surface area contributed by atoms with Crippen LogP contribution in [0.15, 0.2) is 18.2 Å². The molecule has 1 amide bonds. The zero-order chi connectivity index (χ0) is 13.0. The Labute approximate surface area is 124 Å². The number of halogens is 2. The van der Waals surface area contributed by atoms with Crippen LogP contribution in [0.25, 0.3) is 0 Å². The molecule has 0 unspecified atom stereocenters. The van der Waals surface area contributed by atoms with Crippen molar-refractivity contribution in [3.63, 3.8) is 0 Å². The lowest BCUT2D eigenvalue weighted by atomic mass is 10.2. The molecule has 1 aromatic carbocycles. The van der Waals surface area contributed by atoms with Crippen LogP contribution in [0.5, 0.6) is 5.75 Å². The largest absolute Gasteiger partial charge is 0.484 e. The Morgan fingerprint density at radius 2 is 2.11 bits per heavy atom. The number of hydrogen-bond donors (Lipinski definition) is 1. The van der Waals surface area contributed by atoms with Gasteiger partial charge in [-0.15, -0.1) is 12.4 Å². The number of nitrogens with one attached hydrogen (secondary N) is 1. The van der Waals surface area contributed by atoms with Gasteiger partial charge in [0.1, 0.15) is 5.75 Å².